The van der Waals surface area contributed by atoms with Crippen LogP contribution < -0.4 is 4.90 Å². The zero-order valence-electron chi connectivity index (χ0n) is 32.7. The van der Waals surface area contributed by atoms with Crippen molar-refractivity contribution in [2.45, 2.75) is 19.3 Å². The highest BCUT2D eigenvalue weighted by Crippen LogP contribution is 2.53. The molecule has 0 saturated carbocycles. The lowest BCUT2D eigenvalue weighted by atomic mass is 9.81. The molecule has 0 unspecified atom stereocenters. The summed E-state index contributed by atoms with van der Waals surface area (Å²) in [5.41, 5.74) is 15.9. The number of anilines is 3. The monoisotopic (exact) mass is 739 g/mol. The molecule has 0 amide bonds. The van der Waals surface area contributed by atoms with Crippen LogP contribution >= 0.6 is 0 Å². The van der Waals surface area contributed by atoms with Gasteiger partial charge in [0.15, 0.2) is 0 Å². The molecule has 0 atom stereocenters. The fraction of sp³-hybridized carbons (Fsp3) is 0.0526. The van der Waals surface area contributed by atoms with Crippen LogP contribution in [0.3, 0.4) is 0 Å². The third-order valence-electron chi connectivity index (χ3n) is 12.5. The molecule has 0 aliphatic heterocycles. The summed E-state index contributed by atoms with van der Waals surface area (Å²) in [6, 6.07) is 78.2. The van der Waals surface area contributed by atoms with Crippen LogP contribution in [0, 0.1) is 0 Å². The van der Waals surface area contributed by atoms with Crippen LogP contribution in [0.2, 0.25) is 0 Å². The van der Waals surface area contributed by atoms with E-state index in [1.807, 2.05) is 0 Å². The van der Waals surface area contributed by atoms with E-state index in [2.05, 4.69) is 231 Å². The van der Waals surface area contributed by atoms with Crippen molar-refractivity contribution in [1.29, 1.82) is 0 Å². The normalized spacial score (nSPS) is 12.8. The maximum absolute atomic E-state index is 2.48. The van der Waals surface area contributed by atoms with Crippen LogP contribution in [0.1, 0.15) is 25.0 Å². The van der Waals surface area contributed by atoms with Crippen LogP contribution in [-0.2, 0) is 5.41 Å². The lowest BCUT2D eigenvalue weighted by molar-refractivity contribution is 0.660. The van der Waals surface area contributed by atoms with Gasteiger partial charge in [0.05, 0.1) is 11.4 Å². The summed E-state index contributed by atoms with van der Waals surface area (Å²) in [5, 5.41) is 7.58. The molecule has 1 heteroatoms. The number of hydrogen-bond donors (Lipinski definition) is 0. The minimum Gasteiger partial charge on any atom is -0.309 e. The predicted octanol–water partition coefficient (Wildman–Crippen LogP) is 15.9. The highest BCUT2D eigenvalue weighted by Gasteiger charge is 2.36. The SMILES string of the molecule is CC1(C)c2cc(-c3cc4ccccc4c4ccccc34)ccc2-c2ccc(N(c3ccccc3-c3ccc(-c4ccccc4)cc3)c3cccc4ccccc34)cc21. The maximum atomic E-state index is 2.48. The third-order valence-corrected chi connectivity index (χ3v) is 12.5. The van der Waals surface area contributed by atoms with E-state index in [1.54, 1.807) is 0 Å². The fourth-order valence-corrected chi connectivity index (χ4v) is 9.52. The van der Waals surface area contributed by atoms with Crippen LogP contribution in [-0.4, -0.2) is 0 Å². The Kier molecular flexibility index (Phi) is 7.91. The van der Waals surface area contributed by atoms with Crippen molar-refractivity contribution in [2.24, 2.45) is 0 Å². The van der Waals surface area contributed by atoms with Crippen LogP contribution in [0.15, 0.2) is 212 Å². The van der Waals surface area contributed by atoms with Crippen molar-refractivity contribution in [3.8, 4) is 44.5 Å². The topological polar surface area (TPSA) is 3.24 Å². The number of para-hydroxylation sites is 1. The van der Waals surface area contributed by atoms with Gasteiger partial charge in [-0.2, -0.15) is 0 Å². The minimum atomic E-state index is -0.222. The van der Waals surface area contributed by atoms with Gasteiger partial charge in [0, 0.05) is 22.1 Å². The molecule has 0 N–H and O–H groups in total. The second-order valence-electron chi connectivity index (χ2n) is 16.1. The Morgan fingerprint density at radius 3 is 1.67 bits per heavy atom. The van der Waals surface area contributed by atoms with E-state index in [9.17, 15) is 0 Å². The van der Waals surface area contributed by atoms with E-state index >= 15 is 0 Å². The summed E-state index contributed by atoms with van der Waals surface area (Å²) in [6.07, 6.45) is 0. The molecule has 1 aliphatic rings. The van der Waals surface area contributed by atoms with E-state index in [0.29, 0.717) is 0 Å². The Morgan fingerprint density at radius 1 is 0.310 bits per heavy atom. The molecule has 274 valence electrons. The van der Waals surface area contributed by atoms with E-state index in [0.717, 1.165) is 17.1 Å². The van der Waals surface area contributed by atoms with Gasteiger partial charge in [0.25, 0.3) is 0 Å². The van der Waals surface area contributed by atoms with Gasteiger partial charge in [-0.25, -0.2) is 0 Å². The van der Waals surface area contributed by atoms with Gasteiger partial charge in [-0.1, -0.05) is 190 Å². The average molecular weight is 740 g/mol. The first-order valence-electron chi connectivity index (χ1n) is 20.3. The first kappa shape index (κ1) is 34.1. The molecule has 1 nitrogen and oxygen atoms in total. The summed E-state index contributed by atoms with van der Waals surface area (Å²) in [5.74, 6) is 0. The number of nitrogens with zero attached hydrogens (tertiary/aromatic N) is 1. The van der Waals surface area contributed by atoms with Gasteiger partial charge in [-0.05, 0) is 113 Å². The molecule has 1 aliphatic carbocycles. The van der Waals surface area contributed by atoms with Crippen molar-refractivity contribution >= 4 is 49.4 Å². The van der Waals surface area contributed by atoms with E-state index in [-0.39, 0.29) is 5.41 Å². The fourth-order valence-electron chi connectivity index (χ4n) is 9.52. The average Bonchev–Trinajstić information content (AvgIpc) is 3.51. The highest BCUT2D eigenvalue weighted by atomic mass is 15.1. The van der Waals surface area contributed by atoms with Crippen LogP contribution in [0.5, 0.6) is 0 Å². The lowest BCUT2D eigenvalue weighted by Gasteiger charge is -2.30. The number of hydrogen-bond acceptors (Lipinski definition) is 1. The number of rotatable bonds is 6. The van der Waals surface area contributed by atoms with E-state index in [1.165, 1.54) is 88.0 Å². The molecule has 0 bridgehead atoms. The highest BCUT2D eigenvalue weighted by molar-refractivity contribution is 6.14. The quantitative estimate of drug-likeness (QED) is 0.154. The predicted molar refractivity (Wildman–Crippen MR) is 248 cm³/mol. The number of benzene rings is 10. The molecule has 10 aromatic rings. The molecular weight excluding hydrogens is 699 g/mol. The molecule has 58 heavy (non-hydrogen) atoms. The zero-order valence-corrected chi connectivity index (χ0v) is 32.7. The minimum absolute atomic E-state index is 0.222. The molecular formula is C57H41N. The van der Waals surface area contributed by atoms with Gasteiger partial charge in [-0.15, -0.1) is 0 Å². The number of fused-ring (bicyclic) bond motifs is 7. The van der Waals surface area contributed by atoms with Gasteiger partial charge < -0.3 is 4.90 Å². The Morgan fingerprint density at radius 2 is 0.862 bits per heavy atom. The van der Waals surface area contributed by atoms with Gasteiger partial charge in [0.1, 0.15) is 0 Å². The van der Waals surface area contributed by atoms with Gasteiger partial charge >= 0.3 is 0 Å². The Hall–Kier alpha value is -7.22. The standard InChI is InChI=1S/C57H41N/c1-57(2)53-36-43(52-35-42-18-7-8-20-45(42)48-23-10-11-24-49(48)52)31-33-50(53)51-34-32-44(37-54(51)57)58(56-26-14-19-40-17-6-9-21-46(40)56)55-25-13-12-22-47(55)41-29-27-39(28-30-41)38-15-4-3-5-16-38/h3-37H,1-2H3. The molecule has 0 spiro atoms. The largest absolute Gasteiger partial charge is 0.309 e. The summed E-state index contributed by atoms with van der Waals surface area (Å²) in [7, 11) is 0. The Balaban J connectivity index is 1.06. The third kappa shape index (κ3) is 5.46. The summed E-state index contributed by atoms with van der Waals surface area (Å²) < 4.78 is 0. The van der Waals surface area contributed by atoms with E-state index < -0.39 is 0 Å². The van der Waals surface area contributed by atoms with Crippen molar-refractivity contribution in [3.05, 3.63) is 223 Å². The van der Waals surface area contributed by atoms with Crippen molar-refractivity contribution in [3.63, 3.8) is 0 Å². The molecule has 11 rings (SSSR count). The van der Waals surface area contributed by atoms with Gasteiger partial charge in [0.2, 0.25) is 0 Å². The molecule has 0 radical (unpaired) electrons. The maximum Gasteiger partial charge on any atom is 0.0540 e. The first-order valence-corrected chi connectivity index (χ1v) is 20.3. The molecule has 0 fully saturated rings. The van der Waals surface area contributed by atoms with Crippen molar-refractivity contribution < 1.29 is 0 Å². The molecule has 0 aromatic heterocycles. The van der Waals surface area contributed by atoms with Crippen LogP contribution in [0.25, 0.3) is 76.8 Å². The smallest absolute Gasteiger partial charge is 0.0540 e. The van der Waals surface area contributed by atoms with Crippen LogP contribution in [0.4, 0.5) is 17.1 Å². The summed E-state index contributed by atoms with van der Waals surface area (Å²) in [6.45, 7) is 4.79. The second-order valence-corrected chi connectivity index (χ2v) is 16.1. The molecule has 0 saturated heterocycles. The summed E-state index contributed by atoms with van der Waals surface area (Å²) >= 11 is 0. The summed E-state index contributed by atoms with van der Waals surface area (Å²) in [4.78, 5) is 2.48. The van der Waals surface area contributed by atoms with E-state index in [4.69, 9.17) is 0 Å². The zero-order chi connectivity index (χ0) is 38.8. The Bertz CT molecular complexity index is 3180. The Labute approximate surface area is 340 Å². The lowest BCUT2D eigenvalue weighted by Crippen LogP contribution is -2.17. The van der Waals surface area contributed by atoms with Crippen molar-refractivity contribution in [1.82, 2.24) is 0 Å². The van der Waals surface area contributed by atoms with Crippen molar-refractivity contribution in [2.75, 3.05) is 4.90 Å². The van der Waals surface area contributed by atoms with Gasteiger partial charge in [-0.3, -0.25) is 0 Å². The first-order chi connectivity index (χ1) is 28.5. The molecule has 0 heterocycles. The molecule has 10 aromatic carbocycles. The second kappa shape index (κ2) is 13.5.